The van der Waals surface area contributed by atoms with Crippen LogP contribution in [-0.2, 0) is 0 Å². The molecule has 4 nitrogen and oxygen atoms in total. The second-order valence-corrected chi connectivity index (χ2v) is 10.5. The van der Waals surface area contributed by atoms with Crippen LogP contribution in [0.2, 0.25) is 0 Å². The average Bonchev–Trinajstić information content (AvgIpc) is 2.86. The molecule has 1 heterocycles. The van der Waals surface area contributed by atoms with Gasteiger partial charge in [0.1, 0.15) is 0 Å². The lowest BCUT2D eigenvalue weighted by Crippen LogP contribution is -2.52. The molecule has 0 radical (unpaired) electrons. The van der Waals surface area contributed by atoms with Crippen molar-refractivity contribution < 1.29 is 0 Å². The molecule has 0 saturated heterocycles. The van der Waals surface area contributed by atoms with Crippen LogP contribution in [-0.4, -0.2) is 42.8 Å². The minimum absolute atomic E-state index is 0.553. The van der Waals surface area contributed by atoms with Gasteiger partial charge in [0, 0.05) is 50.2 Å². The van der Waals surface area contributed by atoms with Gasteiger partial charge in [0.05, 0.1) is 11.4 Å². The third kappa shape index (κ3) is 8.00. The van der Waals surface area contributed by atoms with Gasteiger partial charge in [0.15, 0.2) is 0 Å². The van der Waals surface area contributed by atoms with Crippen molar-refractivity contribution in [3.8, 4) is 11.3 Å². The zero-order valence-electron chi connectivity index (χ0n) is 24.4. The van der Waals surface area contributed by atoms with Gasteiger partial charge < -0.3 is 10.6 Å². The highest BCUT2D eigenvalue weighted by Crippen LogP contribution is 2.57. The predicted molar refractivity (Wildman–Crippen MR) is 163 cm³/mol. The molecule has 200 valence electrons. The minimum Gasteiger partial charge on any atom is -0.383 e. The molecule has 2 saturated carbocycles. The van der Waals surface area contributed by atoms with Crippen LogP contribution in [0.4, 0.5) is 0 Å². The van der Waals surface area contributed by atoms with Gasteiger partial charge in [-0.2, -0.15) is 0 Å². The summed E-state index contributed by atoms with van der Waals surface area (Å²) in [5.41, 5.74) is 13.7. The Hall–Kier alpha value is -2.98. The molecule has 0 atom stereocenters. The Kier molecular flexibility index (Phi) is 11.5. The van der Waals surface area contributed by atoms with E-state index >= 15 is 0 Å². The summed E-state index contributed by atoms with van der Waals surface area (Å²) in [5.74, 6) is 0.998. The molecule has 2 aromatic rings. The van der Waals surface area contributed by atoms with Crippen molar-refractivity contribution >= 4 is 11.3 Å². The average molecular weight is 501 g/mol. The monoisotopic (exact) mass is 500 g/mol. The third-order valence-electron chi connectivity index (χ3n) is 6.99. The summed E-state index contributed by atoms with van der Waals surface area (Å²) in [6.45, 7) is 14.3. The lowest BCUT2D eigenvalue weighted by molar-refractivity contribution is -0.0313. The summed E-state index contributed by atoms with van der Waals surface area (Å²) in [7, 11) is 5.82. The first-order valence-electron chi connectivity index (χ1n) is 13.6. The standard InChI is InChI=1S/C23H27N3.C8H15N.C2H6/c1-7-10-23(24-4)21-13-14-22(25-17(21)3)20-12-9-11-19(15-20)18(8-2)16-26(5)6;1-6-2-8(3-6)4-7(9)5-8;1-2/h7-16H,2H2,1,3-6H3;6-7H,2-5,9H2,1H3;1-2H3/b10-7-,18-16+,24-23?;;. The van der Waals surface area contributed by atoms with Crippen LogP contribution >= 0.6 is 0 Å². The second kappa shape index (κ2) is 14.1. The summed E-state index contributed by atoms with van der Waals surface area (Å²) >= 11 is 0. The van der Waals surface area contributed by atoms with Crippen LogP contribution in [0.25, 0.3) is 16.8 Å². The highest BCUT2D eigenvalue weighted by molar-refractivity contribution is 6.09. The largest absolute Gasteiger partial charge is 0.383 e. The normalized spacial score (nSPS) is 22.7. The molecule has 1 aromatic heterocycles. The van der Waals surface area contributed by atoms with Crippen molar-refractivity contribution in [1.29, 1.82) is 0 Å². The van der Waals surface area contributed by atoms with Crippen molar-refractivity contribution in [2.75, 3.05) is 21.1 Å². The predicted octanol–water partition coefficient (Wildman–Crippen LogP) is 7.69. The molecular weight excluding hydrogens is 452 g/mol. The van der Waals surface area contributed by atoms with E-state index in [4.69, 9.17) is 10.7 Å². The summed E-state index contributed by atoms with van der Waals surface area (Å²) in [5, 5.41) is 0. The Balaban J connectivity index is 0.000000360. The lowest BCUT2D eigenvalue weighted by Gasteiger charge is -2.56. The fourth-order valence-corrected chi connectivity index (χ4v) is 5.62. The first kappa shape index (κ1) is 30.2. The van der Waals surface area contributed by atoms with Crippen molar-refractivity contribution in [2.24, 2.45) is 22.1 Å². The van der Waals surface area contributed by atoms with Gasteiger partial charge in [-0.05, 0) is 86.3 Å². The number of pyridine rings is 1. The number of aliphatic imine (C=N–C) groups is 1. The van der Waals surface area contributed by atoms with Gasteiger partial charge in [0.25, 0.3) is 0 Å². The first-order valence-corrected chi connectivity index (χ1v) is 13.6. The zero-order valence-corrected chi connectivity index (χ0v) is 24.4. The maximum atomic E-state index is 5.71. The van der Waals surface area contributed by atoms with Crippen molar-refractivity contribution in [2.45, 2.75) is 66.3 Å². The SMILES string of the molecule is C=C/C(=C\N(C)C)c1cccc(-c2ccc(C(/C=C\C)=NC)c(C)n2)c1.CC.CC1CC2(C1)CC(N)C2. The van der Waals surface area contributed by atoms with Gasteiger partial charge in [-0.25, -0.2) is 0 Å². The molecule has 0 amide bonds. The number of aryl methyl sites for hydroxylation is 1. The maximum Gasteiger partial charge on any atom is 0.0705 e. The van der Waals surface area contributed by atoms with Gasteiger partial charge in [-0.15, -0.1) is 0 Å². The highest BCUT2D eigenvalue weighted by atomic mass is 15.0. The minimum atomic E-state index is 0.553. The highest BCUT2D eigenvalue weighted by Gasteiger charge is 2.49. The third-order valence-corrected chi connectivity index (χ3v) is 6.99. The number of hydrogen-bond acceptors (Lipinski definition) is 4. The van der Waals surface area contributed by atoms with E-state index in [-0.39, 0.29) is 0 Å². The number of nitrogens with two attached hydrogens (primary N) is 1. The lowest BCUT2D eigenvalue weighted by atomic mass is 9.51. The van der Waals surface area contributed by atoms with Crippen LogP contribution in [0.15, 0.2) is 72.4 Å². The van der Waals surface area contributed by atoms with Crippen LogP contribution in [0.5, 0.6) is 0 Å². The first-order chi connectivity index (χ1) is 17.7. The van der Waals surface area contributed by atoms with Crippen LogP contribution in [0.1, 0.15) is 70.2 Å². The smallest absolute Gasteiger partial charge is 0.0705 e. The van der Waals surface area contributed by atoms with E-state index in [1.165, 1.54) is 25.7 Å². The summed E-state index contributed by atoms with van der Waals surface area (Å²) in [4.78, 5) is 11.2. The van der Waals surface area contributed by atoms with E-state index in [0.29, 0.717) is 6.04 Å². The fourth-order valence-electron chi connectivity index (χ4n) is 5.62. The van der Waals surface area contributed by atoms with E-state index in [9.17, 15) is 0 Å². The van der Waals surface area contributed by atoms with E-state index in [1.807, 2.05) is 64.9 Å². The maximum absolute atomic E-state index is 5.71. The van der Waals surface area contributed by atoms with Crippen molar-refractivity contribution in [1.82, 2.24) is 9.88 Å². The van der Waals surface area contributed by atoms with E-state index in [2.05, 4.69) is 61.1 Å². The van der Waals surface area contributed by atoms with Crippen LogP contribution < -0.4 is 5.73 Å². The Morgan fingerprint density at radius 3 is 2.30 bits per heavy atom. The van der Waals surface area contributed by atoms with E-state index in [0.717, 1.165) is 50.7 Å². The Labute approximate surface area is 226 Å². The van der Waals surface area contributed by atoms with Gasteiger partial charge in [-0.1, -0.05) is 57.7 Å². The molecule has 2 aliphatic rings. The second-order valence-electron chi connectivity index (χ2n) is 10.5. The van der Waals surface area contributed by atoms with Gasteiger partial charge in [-0.3, -0.25) is 9.98 Å². The van der Waals surface area contributed by atoms with Crippen molar-refractivity contribution in [3.05, 3.63) is 84.2 Å². The summed E-state index contributed by atoms with van der Waals surface area (Å²) < 4.78 is 0. The topological polar surface area (TPSA) is 54.5 Å². The number of hydrogen-bond donors (Lipinski definition) is 1. The molecule has 0 aliphatic heterocycles. The van der Waals surface area contributed by atoms with Gasteiger partial charge >= 0.3 is 0 Å². The molecule has 2 fully saturated rings. The summed E-state index contributed by atoms with van der Waals surface area (Å²) in [6.07, 6.45) is 13.5. The molecule has 4 rings (SSSR count). The molecule has 37 heavy (non-hydrogen) atoms. The molecule has 0 unspecified atom stereocenters. The number of aromatic nitrogens is 1. The van der Waals surface area contributed by atoms with Crippen molar-refractivity contribution in [3.63, 3.8) is 0 Å². The van der Waals surface area contributed by atoms with E-state index < -0.39 is 0 Å². The fraction of sp³-hybridized carbons (Fsp3) is 0.455. The Bertz CT molecular complexity index is 1090. The zero-order chi connectivity index (χ0) is 27.6. The molecule has 0 bridgehead atoms. The number of benzene rings is 1. The molecule has 1 aromatic carbocycles. The molecular formula is C33H48N4. The summed E-state index contributed by atoms with van der Waals surface area (Å²) in [6, 6.07) is 13.1. The van der Waals surface area contributed by atoms with Gasteiger partial charge in [0.2, 0.25) is 0 Å². The molecule has 1 spiro atoms. The molecule has 4 heteroatoms. The quantitative estimate of drug-likeness (QED) is 0.327. The van der Waals surface area contributed by atoms with E-state index in [1.54, 1.807) is 7.05 Å². The Morgan fingerprint density at radius 2 is 1.81 bits per heavy atom. The number of allylic oxidation sites excluding steroid dienone is 4. The number of nitrogens with zero attached hydrogens (tertiary/aromatic N) is 3. The van der Waals surface area contributed by atoms with Crippen LogP contribution in [0, 0.1) is 18.3 Å². The molecule has 2 aliphatic carbocycles. The Morgan fingerprint density at radius 1 is 1.14 bits per heavy atom. The molecule has 2 N–H and O–H groups in total. The number of rotatable bonds is 6. The van der Waals surface area contributed by atoms with Crippen LogP contribution in [0.3, 0.4) is 0 Å².